The Morgan fingerprint density at radius 1 is 1.12 bits per heavy atom. The highest BCUT2D eigenvalue weighted by molar-refractivity contribution is 14.1. The number of hydrogen-bond acceptors (Lipinski definition) is 7. The highest BCUT2D eigenvalue weighted by Gasteiger charge is 2.21. The van der Waals surface area contributed by atoms with Gasteiger partial charge in [-0.1, -0.05) is 0 Å². The summed E-state index contributed by atoms with van der Waals surface area (Å²) in [7, 11) is 0. The first-order chi connectivity index (χ1) is 12.3. The van der Waals surface area contributed by atoms with Gasteiger partial charge < -0.3 is 0 Å². The van der Waals surface area contributed by atoms with Crippen LogP contribution in [-0.4, -0.2) is 19.5 Å². The summed E-state index contributed by atoms with van der Waals surface area (Å²) < 4.78 is 1.91. The molecule has 0 atom stereocenters. The molecule has 132 valence electrons. The van der Waals surface area contributed by atoms with Gasteiger partial charge in [0.2, 0.25) is 0 Å². The van der Waals surface area contributed by atoms with Crippen molar-refractivity contribution in [3.8, 4) is 0 Å². The molecule has 0 saturated carbocycles. The molecule has 26 heavy (non-hydrogen) atoms. The number of fused-ring (bicyclic) bond motifs is 1. The zero-order chi connectivity index (χ0) is 19.0. The minimum Gasteiger partial charge on any atom is -0.283 e. The van der Waals surface area contributed by atoms with Gasteiger partial charge in [-0.15, -0.1) is 0 Å². The maximum atomic E-state index is 12.7. The maximum Gasteiger partial charge on any atom is 0.300 e. The molecule has 0 saturated heterocycles. The lowest BCUT2D eigenvalue weighted by molar-refractivity contribution is -0.393. The predicted molar refractivity (Wildman–Crippen MR) is 102 cm³/mol. The molecule has 0 aliphatic heterocycles. The van der Waals surface area contributed by atoms with Crippen molar-refractivity contribution in [3.63, 3.8) is 0 Å². The van der Waals surface area contributed by atoms with E-state index in [0.717, 1.165) is 20.4 Å². The standard InChI is InChI=1S/C15H10IN5O5/c1-8-17-12-4-2-9(16)6-11(12)15(22)19(8)18-13-5-3-10(20(23)24)7-14(13)21(25)26/h2-7,18H,1H3. The lowest BCUT2D eigenvalue weighted by atomic mass is 10.2. The second kappa shape index (κ2) is 6.67. The zero-order valence-electron chi connectivity index (χ0n) is 13.2. The van der Waals surface area contributed by atoms with Crippen LogP contribution in [0.15, 0.2) is 41.2 Å². The van der Waals surface area contributed by atoms with Gasteiger partial charge in [-0.25, -0.2) is 9.66 Å². The third kappa shape index (κ3) is 3.20. The number of aromatic nitrogens is 2. The van der Waals surface area contributed by atoms with Crippen LogP contribution in [0.2, 0.25) is 0 Å². The number of nitro benzene ring substituents is 2. The van der Waals surface area contributed by atoms with E-state index in [2.05, 4.69) is 33.0 Å². The van der Waals surface area contributed by atoms with Crippen LogP contribution >= 0.6 is 22.6 Å². The fourth-order valence-electron chi connectivity index (χ4n) is 2.40. The second-order valence-corrected chi connectivity index (χ2v) is 6.53. The van der Waals surface area contributed by atoms with Crippen LogP contribution in [0.3, 0.4) is 0 Å². The van der Waals surface area contributed by atoms with Gasteiger partial charge in [0.15, 0.2) is 0 Å². The molecule has 0 fully saturated rings. The first-order valence-electron chi connectivity index (χ1n) is 7.16. The van der Waals surface area contributed by atoms with Crippen molar-refractivity contribution in [2.45, 2.75) is 6.92 Å². The summed E-state index contributed by atoms with van der Waals surface area (Å²) in [6.07, 6.45) is 0. The van der Waals surface area contributed by atoms with E-state index in [0.29, 0.717) is 10.9 Å². The fraction of sp³-hybridized carbons (Fsp3) is 0.0667. The largest absolute Gasteiger partial charge is 0.300 e. The van der Waals surface area contributed by atoms with Crippen LogP contribution < -0.4 is 11.0 Å². The van der Waals surface area contributed by atoms with Crippen LogP contribution in [0.5, 0.6) is 0 Å². The monoisotopic (exact) mass is 467 g/mol. The van der Waals surface area contributed by atoms with E-state index in [1.54, 1.807) is 19.1 Å². The number of nitrogens with one attached hydrogen (secondary N) is 1. The minimum absolute atomic E-state index is 0.0578. The first kappa shape index (κ1) is 17.7. The molecule has 2 aromatic carbocycles. The van der Waals surface area contributed by atoms with E-state index in [9.17, 15) is 25.0 Å². The van der Waals surface area contributed by atoms with Crippen molar-refractivity contribution < 1.29 is 9.85 Å². The second-order valence-electron chi connectivity index (χ2n) is 5.29. The van der Waals surface area contributed by atoms with Crippen molar-refractivity contribution in [1.82, 2.24) is 9.66 Å². The molecule has 0 unspecified atom stereocenters. The summed E-state index contributed by atoms with van der Waals surface area (Å²) in [5.74, 6) is 0.288. The number of halogens is 1. The molecular formula is C15H10IN5O5. The maximum absolute atomic E-state index is 12.7. The number of anilines is 1. The number of nitro groups is 2. The van der Waals surface area contributed by atoms with Crippen LogP contribution in [0.25, 0.3) is 10.9 Å². The molecule has 3 aromatic rings. The summed E-state index contributed by atoms with van der Waals surface area (Å²) in [5.41, 5.74) is 1.72. The number of hydrogen-bond donors (Lipinski definition) is 1. The molecule has 0 aliphatic rings. The molecule has 0 radical (unpaired) electrons. The Balaban J connectivity index is 2.16. The van der Waals surface area contributed by atoms with E-state index in [-0.39, 0.29) is 11.5 Å². The Bertz CT molecular complexity index is 1130. The molecule has 0 amide bonds. The summed E-state index contributed by atoms with van der Waals surface area (Å²) in [6, 6.07) is 8.32. The Morgan fingerprint density at radius 2 is 1.85 bits per heavy atom. The van der Waals surface area contributed by atoms with E-state index in [1.807, 2.05) is 6.07 Å². The smallest absolute Gasteiger partial charge is 0.283 e. The molecular weight excluding hydrogens is 457 g/mol. The van der Waals surface area contributed by atoms with Gasteiger partial charge in [-0.3, -0.25) is 30.4 Å². The van der Waals surface area contributed by atoms with E-state index >= 15 is 0 Å². The zero-order valence-corrected chi connectivity index (χ0v) is 15.3. The van der Waals surface area contributed by atoms with E-state index in [4.69, 9.17) is 0 Å². The fourth-order valence-corrected chi connectivity index (χ4v) is 2.89. The average Bonchev–Trinajstić information content (AvgIpc) is 2.59. The summed E-state index contributed by atoms with van der Waals surface area (Å²) >= 11 is 2.06. The van der Waals surface area contributed by atoms with Gasteiger partial charge in [0, 0.05) is 9.64 Å². The highest BCUT2D eigenvalue weighted by atomic mass is 127. The number of nitrogens with zero attached hydrogens (tertiary/aromatic N) is 4. The molecule has 0 bridgehead atoms. The third-order valence-electron chi connectivity index (χ3n) is 3.62. The SMILES string of the molecule is Cc1nc2ccc(I)cc2c(=O)n1Nc1ccc([N+](=O)[O-])cc1[N+](=O)[O-]. The van der Waals surface area contributed by atoms with Gasteiger partial charge in [-0.05, 0) is 53.8 Å². The summed E-state index contributed by atoms with van der Waals surface area (Å²) in [6.45, 7) is 1.57. The third-order valence-corrected chi connectivity index (χ3v) is 4.29. The van der Waals surface area contributed by atoms with E-state index in [1.165, 1.54) is 6.07 Å². The molecule has 1 heterocycles. The van der Waals surface area contributed by atoms with E-state index < -0.39 is 26.8 Å². The van der Waals surface area contributed by atoms with Crippen LogP contribution in [0, 0.1) is 30.7 Å². The van der Waals surface area contributed by atoms with Gasteiger partial charge in [0.25, 0.3) is 11.2 Å². The average molecular weight is 467 g/mol. The molecule has 3 rings (SSSR count). The molecule has 0 spiro atoms. The molecule has 11 heteroatoms. The molecule has 1 N–H and O–H groups in total. The first-order valence-corrected chi connectivity index (χ1v) is 8.24. The van der Waals surface area contributed by atoms with Crippen molar-refractivity contribution >= 4 is 50.6 Å². The Hall–Kier alpha value is -3.09. The van der Waals surface area contributed by atoms with Gasteiger partial charge in [0.1, 0.15) is 11.5 Å². The van der Waals surface area contributed by atoms with Gasteiger partial charge in [0.05, 0.1) is 26.8 Å². The minimum atomic E-state index is -0.757. The number of benzene rings is 2. The molecule has 10 nitrogen and oxygen atoms in total. The van der Waals surface area contributed by atoms with Crippen molar-refractivity contribution in [2.75, 3.05) is 5.43 Å². The Labute approximate surface area is 158 Å². The number of aryl methyl sites for hydroxylation is 1. The quantitative estimate of drug-likeness (QED) is 0.354. The number of rotatable bonds is 4. The highest BCUT2D eigenvalue weighted by Crippen LogP contribution is 2.29. The summed E-state index contributed by atoms with van der Waals surface area (Å²) in [4.78, 5) is 37.7. The molecule has 0 aliphatic carbocycles. The van der Waals surface area contributed by atoms with Crippen molar-refractivity contribution in [1.29, 1.82) is 0 Å². The lowest BCUT2D eigenvalue weighted by Gasteiger charge is -2.13. The van der Waals surface area contributed by atoms with Crippen LogP contribution in [0.1, 0.15) is 5.82 Å². The van der Waals surface area contributed by atoms with Crippen molar-refractivity contribution in [3.05, 3.63) is 76.4 Å². The molecule has 1 aromatic heterocycles. The van der Waals surface area contributed by atoms with Crippen LogP contribution in [0.4, 0.5) is 17.1 Å². The predicted octanol–water partition coefficient (Wildman–Crippen LogP) is 3.00. The normalized spacial score (nSPS) is 10.7. The lowest BCUT2D eigenvalue weighted by Crippen LogP contribution is -2.30. The number of non-ortho nitro benzene ring substituents is 1. The van der Waals surface area contributed by atoms with Gasteiger partial charge in [-0.2, -0.15) is 0 Å². The topological polar surface area (TPSA) is 133 Å². The summed E-state index contributed by atoms with van der Waals surface area (Å²) in [5, 5.41) is 22.4. The van der Waals surface area contributed by atoms with Gasteiger partial charge >= 0.3 is 5.69 Å². The Morgan fingerprint density at radius 3 is 2.50 bits per heavy atom. The van der Waals surface area contributed by atoms with Crippen molar-refractivity contribution in [2.24, 2.45) is 0 Å². The van der Waals surface area contributed by atoms with Crippen LogP contribution in [-0.2, 0) is 0 Å². The Kier molecular flexibility index (Phi) is 4.54.